The smallest absolute Gasteiger partial charge is 0.151 e. The van der Waals surface area contributed by atoms with E-state index in [2.05, 4.69) is 0 Å². The molecule has 6 heteroatoms. The van der Waals surface area contributed by atoms with Crippen LogP contribution in [0.2, 0.25) is 0 Å². The molecule has 2 N–H and O–H groups in total. The number of likely N-dealkylation sites (N-methyl/N-ethyl adjacent to an activating group) is 1. The fourth-order valence-electron chi connectivity index (χ4n) is 2.61. The number of nitrogens with two attached hydrogens (primary N) is 1. The van der Waals surface area contributed by atoms with Crippen molar-refractivity contribution in [3.05, 3.63) is 35.6 Å². The number of rotatable bonds is 4. The van der Waals surface area contributed by atoms with Crippen molar-refractivity contribution in [2.24, 2.45) is 5.73 Å². The van der Waals surface area contributed by atoms with E-state index >= 15 is 0 Å². The van der Waals surface area contributed by atoms with Gasteiger partial charge in [-0.1, -0.05) is 18.2 Å². The second-order valence-electron chi connectivity index (χ2n) is 5.00. The Morgan fingerprint density at radius 2 is 2.16 bits per heavy atom. The van der Waals surface area contributed by atoms with Crippen LogP contribution in [0.15, 0.2) is 24.3 Å². The minimum atomic E-state index is -2.95. The highest BCUT2D eigenvalue weighted by molar-refractivity contribution is 7.91. The molecule has 1 aromatic rings. The predicted octanol–water partition coefficient (Wildman–Crippen LogP) is 0.944. The third kappa shape index (κ3) is 3.13. The van der Waals surface area contributed by atoms with Crippen LogP contribution >= 0.6 is 0 Å². The molecule has 0 saturated carbocycles. The van der Waals surface area contributed by atoms with Crippen molar-refractivity contribution in [3.8, 4) is 0 Å². The molecule has 1 heterocycles. The molecule has 1 saturated heterocycles. The van der Waals surface area contributed by atoms with E-state index in [4.69, 9.17) is 5.73 Å². The zero-order valence-corrected chi connectivity index (χ0v) is 11.7. The molecule has 106 valence electrons. The van der Waals surface area contributed by atoms with Gasteiger partial charge in [0.1, 0.15) is 5.82 Å². The second kappa shape index (κ2) is 5.56. The normalized spacial score (nSPS) is 23.7. The van der Waals surface area contributed by atoms with Crippen LogP contribution in [0.1, 0.15) is 18.0 Å². The number of benzene rings is 1. The van der Waals surface area contributed by atoms with E-state index < -0.39 is 9.84 Å². The van der Waals surface area contributed by atoms with E-state index in [1.807, 2.05) is 11.9 Å². The lowest BCUT2D eigenvalue weighted by Gasteiger charge is -2.32. The number of hydrogen-bond acceptors (Lipinski definition) is 4. The van der Waals surface area contributed by atoms with Gasteiger partial charge in [-0.3, -0.25) is 4.90 Å². The van der Waals surface area contributed by atoms with E-state index in [-0.39, 0.29) is 36.0 Å². The van der Waals surface area contributed by atoms with Crippen LogP contribution in [0.3, 0.4) is 0 Å². The van der Waals surface area contributed by atoms with Crippen molar-refractivity contribution in [3.63, 3.8) is 0 Å². The summed E-state index contributed by atoms with van der Waals surface area (Å²) in [5.41, 5.74) is 6.28. The highest BCUT2D eigenvalue weighted by Gasteiger charge is 2.34. The highest BCUT2D eigenvalue weighted by atomic mass is 32.2. The van der Waals surface area contributed by atoms with Gasteiger partial charge in [-0.15, -0.1) is 0 Å². The molecule has 0 radical (unpaired) electrons. The maximum Gasteiger partial charge on any atom is 0.151 e. The lowest BCUT2D eigenvalue weighted by molar-refractivity contribution is 0.189. The van der Waals surface area contributed by atoms with Gasteiger partial charge in [0, 0.05) is 24.2 Å². The number of halogens is 1. The molecular weight excluding hydrogens is 267 g/mol. The first-order valence-corrected chi connectivity index (χ1v) is 8.13. The maximum atomic E-state index is 13.8. The van der Waals surface area contributed by atoms with Crippen LogP contribution in [-0.2, 0) is 9.84 Å². The molecule has 19 heavy (non-hydrogen) atoms. The summed E-state index contributed by atoms with van der Waals surface area (Å²) in [6.45, 7) is 0.258. The number of sulfone groups is 1. The zero-order valence-electron chi connectivity index (χ0n) is 10.9. The molecule has 2 rings (SSSR count). The summed E-state index contributed by atoms with van der Waals surface area (Å²) in [6.07, 6.45) is 0.587. The summed E-state index contributed by atoms with van der Waals surface area (Å²) in [7, 11) is -1.14. The van der Waals surface area contributed by atoms with E-state index in [0.29, 0.717) is 12.0 Å². The lowest BCUT2D eigenvalue weighted by Crippen LogP contribution is -2.39. The Bertz CT molecular complexity index is 547. The Morgan fingerprint density at radius 3 is 2.68 bits per heavy atom. The molecule has 2 atom stereocenters. The van der Waals surface area contributed by atoms with Crippen LogP contribution < -0.4 is 5.73 Å². The third-order valence-electron chi connectivity index (χ3n) is 3.76. The van der Waals surface area contributed by atoms with Gasteiger partial charge in [-0.2, -0.15) is 0 Å². The minimum Gasteiger partial charge on any atom is -0.329 e. The van der Waals surface area contributed by atoms with Gasteiger partial charge in [0.2, 0.25) is 0 Å². The molecule has 1 aliphatic heterocycles. The van der Waals surface area contributed by atoms with E-state index in [1.54, 1.807) is 18.2 Å². The van der Waals surface area contributed by atoms with Gasteiger partial charge in [0.25, 0.3) is 0 Å². The molecule has 1 aromatic carbocycles. The van der Waals surface area contributed by atoms with E-state index in [0.717, 1.165) is 0 Å². The van der Waals surface area contributed by atoms with Gasteiger partial charge >= 0.3 is 0 Å². The Labute approximate surface area is 113 Å². The van der Waals surface area contributed by atoms with Crippen LogP contribution in [0.4, 0.5) is 4.39 Å². The molecule has 0 bridgehead atoms. The summed E-state index contributed by atoms with van der Waals surface area (Å²) in [6, 6.07) is 6.12. The molecule has 0 spiro atoms. The van der Waals surface area contributed by atoms with Crippen LogP contribution in [0.5, 0.6) is 0 Å². The minimum absolute atomic E-state index is 0.0850. The van der Waals surface area contributed by atoms with Gasteiger partial charge in [0.15, 0.2) is 9.84 Å². The average Bonchev–Trinajstić information content (AvgIpc) is 2.73. The molecule has 1 fully saturated rings. The average molecular weight is 286 g/mol. The zero-order chi connectivity index (χ0) is 14.0. The molecule has 0 aromatic heterocycles. The molecule has 2 unspecified atom stereocenters. The first kappa shape index (κ1) is 14.4. The number of hydrogen-bond donors (Lipinski definition) is 1. The highest BCUT2D eigenvalue weighted by Crippen LogP contribution is 2.27. The molecule has 0 amide bonds. The first-order valence-electron chi connectivity index (χ1n) is 6.31. The monoisotopic (exact) mass is 286 g/mol. The van der Waals surface area contributed by atoms with Gasteiger partial charge < -0.3 is 5.73 Å². The molecule has 0 aliphatic carbocycles. The van der Waals surface area contributed by atoms with E-state index in [9.17, 15) is 12.8 Å². The summed E-state index contributed by atoms with van der Waals surface area (Å²) in [5, 5.41) is 0. The first-order chi connectivity index (χ1) is 8.94. The fraction of sp³-hybridized carbons (Fsp3) is 0.538. The topological polar surface area (TPSA) is 63.4 Å². The Balaban J connectivity index is 2.21. The summed E-state index contributed by atoms with van der Waals surface area (Å²) in [5.74, 6) is 0.0380. The largest absolute Gasteiger partial charge is 0.329 e. The Morgan fingerprint density at radius 1 is 1.47 bits per heavy atom. The van der Waals surface area contributed by atoms with Crippen molar-refractivity contribution in [2.75, 3.05) is 25.1 Å². The van der Waals surface area contributed by atoms with Gasteiger partial charge in [-0.05, 0) is 19.5 Å². The molecular formula is C13H19FN2O2S. The van der Waals surface area contributed by atoms with Crippen LogP contribution in [-0.4, -0.2) is 44.5 Å². The number of nitrogens with zero attached hydrogens (tertiary/aromatic N) is 1. The second-order valence-corrected chi connectivity index (χ2v) is 7.22. The van der Waals surface area contributed by atoms with Gasteiger partial charge in [-0.25, -0.2) is 12.8 Å². The standard InChI is InChI=1S/C13H19FN2O2S/c1-16(10-6-7-19(17,18)9-10)13(8-15)11-4-2-3-5-12(11)14/h2-5,10,13H,6-9,15H2,1H3. The van der Waals surface area contributed by atoms with Gasteiger partial charge in [0.05, 0.1) is 11.5 Å². The fourth-order valence-corrected chi connectivity index (χ4v) is 4.39. The Hall–Kier alpha value is -0.980. The van der Waals surface area contributed by atoms with Crippen molar-refractivity contribution in [1.82, 2.24) is 4.90 Å². The predicted molar refractivity (Wildman–Crippen MR) is 73.0 cm³/mol. The summed E-state index contributed by atoms with van der Waals surface area (Å²) >= 11 is 0. The van der Waals surface area contributed by atoms with Crippen LogP contribution in [0, 0.1) is 5.82 Å². The maximum absolute atomic E-state index is 13.8. The summed E-state index contributed by atoms with van der Waals surface area (Å²) in [4.78, 5) is 1.89. The SMILES string of the molecule is CN(C1CCS(=O)(=O)C1)C(CN)c1ccccc1F. The third-order valence-corrected chi connectivity index (χ3v) is 5.51. The molecule has 1 aliphatic rings. The van der Waals surface area contributed by atoms with Crippen molar-refractivity contribution in [1.29, 1.82) is 0 Å². The Kier molecular flexibility index (Phi) is 4.23. The van der Waals surface area contributed by atoms with Crippen LogP contribution in [0.25, 0.3) is 0 Å². The van der Waals surface area contributed by atoms with E-state index in [1.165, 1.54) is 6.07 Å². The van der Waals surface area contributed by atoms with Crippen molar-refractivity contribution < 1.29 is 12.8 Å². The quantitative estimate of drug-likeness (QED) is 0.895. The summed E-state index contributed by atoms with van der Waals surface area (Å²) < 4.78 is 36.9. The van der Waals surface area contributed by atoms with Crippen molar-refractivity contribution in [2.45, 2.75) is 18.5 Å². The van der Waals surface area contributed by atoms with Crippen molar-refractivity contribution >= 4 is 9.84 Å². The lowest BCUT2D eigenvalue weighted by atomic mass is 10.0. The molecule has 4 nitrogen and oxygen atoms in total.